The normalized spacial score (nSPS) is 20.0. The summed E-state index contributed by atoms with van der Waals surface area (Å²) < 4.78 is 0. The van der Waals surface area contributed by atoms with E-state index in [1.165, 1.54) is 11.1 Å². The van der Waals surface area contributed by atoms with Crippen molar-refractivity contribution in [2.45, 2.75) is 18.9 Å². The van der Waals surface area contributed by atoms with E-state index < -0.39 is 0 Å². The van der Waals surface area contributed by atoms with Crippen molar-refractivity contribution in [3.8, 4) is 0 Å². The van der Waals surface area contributed by atoms with E-state index in [9.17, 15) is 4.79 Å². The van der Waals surface area contributed by atoms with Crippen LogP contribution < -0.4 is 0 Å². The lowest BCUT2D eigenvalue weighted by atomic mass is 10.1. The van der Waals surface area contributed by atoms with Crippen molar-refractivity contribution in [1.82, 2.24) is 0 Å². The van der Waals surface area contributed by atoms with Crippen LogP contribution in [0, 0.1) is 0 Å². The first kappa shape index (κ1) is 8.92. The number of hydrogen-bond acceptors (Lipinski definition) is 2. The lowest BCUT2D eigenvalue weighted by molar-refractivity contribution is 0.560. The molecular formula is C12H11NO. The van der Waals surface area contributed by atoms with Gasteiger partial charge in [0, 0.05) is 0 Å². The highest BCUT2D eigenvalue weighted by Crippen LogP contribution is 2.28. The van der Waals surface area contributed by atoms with E-state index in [0.29, 0.717) is 0 Å². The Morgan fingerprint density at radius 3 is 2.79 bits per heavy atom. The van der Waals surface area contributed by atoms with Crippen LogP contribution in [0.1, 0.15) is 18.4 Å². The van der Waals surface area contributed by atoms with Crippen LogP contribution in [0.15, 0.2) is 41.4 Å². The molecule has 14 heavy (non-hydrogen) atoms. The number of benzene rings is 1. The van der Waals surface area contributed by atoms with Crippen LogP contribution in [0.3, 0.4) is 0 Å². The zero-order chi connectivity index (χ0) is 9.80. The number of allylic oxidation sites excluding steroid dienone is 1. The van der Waals surface area contributed by atoms with Crippen molar-refractivity contribution in [2.75, 3.05) is 0 Å². The van der Waals surface area contributed by atoms with Crippen molar-refractivity contribution >= 4 is 11.7 Å². The van der Waals surface area contributed by atoms with Gasteiger partial charge in [0.05, 0.1) is 6.04 Å². The van der Waals surface area contributed by atoms with Crippen LogP contribution in [0.25, 0.3) is 5.57 Å². The molecule has 2 nitrogen and oxygen atoms in total. The summed E-state index contributed by atoms with van der Waals surface area (Å²) in [7, 11) is 0. The molecule has 0 saturated heterocycles. The molecule has 0 aliphatic heterocycles. The Labute approximate surface area is 83.0 Å². The molecule has 1 aliphatic carbocycles. The summed E-state index contributed by atoms with van der Waals surface area (Å²) in [5.74, 6) is 0. The molecule has 0 fully saturated rings. The van der Waals surface area contributed by atoms with E-state index in [2.05, 4.69) is 23.2 Å². The molecule has 1 aromatic rings. The van der Waals surface area contributed by atoms with Crippen LogP contribution in [0.4, 0.5) is 0 Å². The van der Waals surface area contributed by atoms with Gasteiger partial charge in [-0.25, -0.2) is 4.79 Å². The first-order valence-corrected chi connectivity index (χ1v) is 4.73. The highest BCUT2D eigenvalue weighted by Gasteiger charge is 2.15. The zero-order valence-corrected chi connectivity index (χ0v) is 7.81. The Balaban J connectivity index is 2.22. The van der Waals surface area contributed by atoms with E-state index in [4.69, 9.17) is 0 Å². The van der Waals surface area contributed by atoms with Gasteiger partial charge in [-0.3, -0.25) is 0 Å². The number of aliphatic imine (C=N–C) groups is 1. The van der Waals surface area contributed by atoms with Crippen molar-refractivity contribution in [3.63, 3.8) is 0 Å². The van der Waals surface area contributed by atoms with Gasteiger partial charge in [-0.2, -0.15) is 4.99 Å². The van der Waals surface area contributed by atoms with Gasteiger partial charge in [0.15, 0.2) is 0 Å². The van der Waals surface area contributed by atoms with Gasteiger partial charge in [-0.15, -0.1) is 0 Å². The number of hydrogen-bond donors (Lipinski definition) is 0. The summed E-state index contributed by atoms with van der Waals surface area (Å²) in [5, 5.41) is 0. The van der Waals surface area contributed by atoms with Crippen LogP contribution in [-0.2, 0) is 4.79 Å². The van der Waals surface area contributed by atoms with Crippen LogP contribution in [0.2, 0.25) is 0 Å². The maximum Gasteiger partial charge on any atom is 0.235 e. The molecule has 0 bridgehead atoms. The molecule has 2 heteroatoms. The van der Waals surface area contributed by atoms with Crippen molar-refractivity contribution < 1.29 is 4.79 Å². The number of nitrogens with zero attached hydrogens (tertiary/aromatic N) is 1. The molecule has 0 heterocycles. The topological polar surface area (TPSA) is 29.4 Å². The largest absolute Gasteiger partial charge is 0.235 e. The second-order valence-electron chi connectivity index (χ2n) is 3.38. The molecule has 0 radical (unpaired) electrons. The quantitative estimate of drug-likeness (QED) is 0.514. The average Bonchev–Trinajstić information content (AvgIpc) is 2.68. The number of isocyanates is 1. The van der Waals surface area contributed by atoms with Gasteiger partial charge in [0.2, 0.25) is 6.08 Å². The minimum absolute atomic E-state index is 0.0442. The highest BCUT2D eigenvalue weighted by molar-refractivity contribution is 5.68. The van der Waals surface area contributed by atoms with Crippen LogP contribution >= 0.6 is 0 Å². The van der Waals surface area contributed by atoms with Crippen molar-refractivity contribution in [2.24, 2.45) is 4.99 Å². The Bertz CT molecular complexity index is 388. The van der Waals surface area contributed by atoms with Gasteiger partial charge in [0.25, 0.3) is 0 Å². The minimum atomic E-state index is 0.0442. The fraction of sp³-hybridized carbons (Fsp3) is 0.250. The van der Waals surface area contributed by atoms with E-state index in [0.717, 1.165) is 12.8 Å². The summed E-state index contributed by atoms with van der Waals surface area (Å²) in [6, 6.07) is 10.2. The summed E-state index contributed by atoms with van der Waals surface area (Å²) in [6.45, 7) is 0. The molecule has 0 aromatic heterocycles. The number of rotatable bonds is 2. The Morgan fingerprint density at radius 1 is 1.29 bits per heavy atom. The third-order valence-electron chi connectivity index (χ3n) is 2.47. The van der Waals surface area contributed by atoms with Gasteiger partial charge in [-0.05, 0) is 24.0 Å². The molecule has 1 aromatic carbocycles. The van der Waals surface area contributed by atoms with Crippen molar-refractivity contribution in [1.29, 1.82) is 0 Å². The molecule has 0 amide bonds. The summed E-state index contributed by atoms with van der Waals surface area (Å²) in [6.07, 6.45) is 5.60. The van der Waals surface area contributed by atoms with E-state index in [1.54, 1.807) is 6.08 Å². The molecule has 1 unspecified atom stereocenters. The highest BCUT2D eigenvalue weighted by atomic mass is 16.1. The van der Waals surface area contributed by atoms with E-state index >= 15 is 0 Å². The molecule has 70 valence electrons. The Kier molecular flexibility index (Phi) is 2.57. The third-order valence-corrected chi connectivity index (χ3v) is 2.47. The maximum absolute atomic E-state index is 10.1. The van der Waals surface area contributed by atoms with Crippen molar-refractivity contribution in [3.05, 3.63) is 42.0 Å². The zero-order valence-electron chi connectivity index (χ0n) is 7.81. The van der Waals surface area contributed by atoms with E-state index in [1.807, 2.05) is 18.2 Å². The Hall–Kier alpha value is -1.66. The molecule has 0 saturated carbocycles. The molecule has 1 aliphatic rings. The molecule has 2 rings (SSSR count). The Morgan fingerprint density at radius 2 is 2.07 bits per heavy atom. The first-order valence-electron chi connectivity index (χ1n) is 4.73. The van der Waals surface area contributed by atoms with Gasteiger partial charge in [-0.1, -0.05) is 36.4 Å². The lowest BCUT2D eigenvalue weighted by Crippen LogP contribution is -1.91. The molecule has 0 N–H and O–H groups in total. The smallest absolute Gasteiger partial charge is 0.211 e. The lowest BCUT2D eigenvalue weighted by Gasteiger charge is -1.99. The second kappa shape index (κ2) is 4.03. The molecule has 1 atom stereocenters. The summed E-state index contributed by atoms with van der Waals surface area (Å²) in [5.41, 5.74) is 2.52. The van der Waals surface area contributed by atoms with Crippen LogP contribution in [-0.4, -0.2) is 12.1 Å². The van der Waals surface area contributed by atoms with Gasteiger partial charge < -0.3 is 0 Å². The molecular weight excluding hydrogens is 174 g/mol. The second-order valence-corrected chi connectivity index (χ2v) is 3.38. The third kappa shape index (κ3) is 1.81. The monoisotopic (exact) mass is 185 g/mol. The minimum Gasteiger partial charge on any atom is -0.211 e. The standard InChI is InChI=1S/C12H11NO/c14-9-13-12-7-6-11(8-12)10-4-2-1-3-5-10/h1-5,8,12H,6-7H2. The predicted octanol–water partition coefficient (Wildman–Crippen LogP) is 2.57. The maximum atomic E-state index is 10.1. The first-order chi connectivity index (χ1) is 6.90. The fourth-order valence-corrected chi connectivity index (χ4v) is 1.76. The van der Waals surface area contributed by atoms with Crippen LogP contribution in [0.5, 0.6) is 0 Å². The number of carbonyl (C=O) groups excluding carboxylic acids is 1. The average molecular weight is 185 g/mol. The molecule has 0 spiro atoms. The summed E-state index contributed by atoms with van der Waals surface area (Å²) >= 11 is 0. The SMILES string of the molecule is O=C=NC1C=C(c2ccccc2)CC1. The van der Waals surface area contributed by atoms with E-state index in [-0.39, 0.29) is 6.04 Å². The predicted molar refractivity (Wildman–Crippen MR) is 55.6 cm³/mol. The fourth-order valence-electron chi connectivity index (χ4n) is 1.76. The van der Waals surface area contributed by atoms with Gasteiger partial charge in [0.1, 0.15) is 0 Å². The van der Waals surface area contributed by atoms with Gasteiger partial charge >= 0.3 is 0 Å². The summed E-state index contributed by atoms with van der Waals surface area (Å²) in [4.78, 5) is 13.8.